The molecule has 0 saturated heterocycles. The first-order valence-electron chi connectivity index (χ1n) is 6.87. The van der Waals surface area contributed by atoms with Crippen molar-refractivity contribution in [2.75, 3.05) is 6.54 Å². The highest BCUT2D eigenvalue weighted by atomic mass is 19.1. The van der Waals surface area contributed by atoms with Crippen LogP contribution in [0.3, 0.4) is 0 Å². The Morgan fingerprint density at radius 1 is 1.00 bits per heavy atom. The smallest absolute Gasteiger partial charge is 0.305 e. The quantitative estimate of drug-likeness (QED) is 0.892. The van der Waals surface area contributed by atoms with Gasteiger partial charge >= 0.3 is 5.97 Å². The Kier molecular flexibility index (Phi) is 5.25. The van der Waals surface area contributed by atoms with Crippen LogP contribution in [0.1, 0.15) is 22.3 Å². The maximum Gasteiger partial charge on any atom is 0.305 e. The van der Waals surface area contributed by atoms with Gasteiger partial charge in [0.15, 0.2) is 0 Å². The molecule has 0 unspecified atom stereocenters. The number of hydrogen-bond acceptors (Lipinski definition) is 2. The van der Waals surface area contributed by atoms with E-state index in [9.17, 15) is 14.0 Å². The molecule has 0 aliphatic heterocycles. The summed E-state index contributed by atoms with van der Waals surface area (Å²) in [6.45, 7) is 0.335. The second kappa shape index (κ2) is 7.36. The summed E-state index contributed by atoms with van der Waals surface area (Å²) < 4.78 is 12.9. The number of nitrogens with zero attached hydrogens (tertiary/aromatic N) is 1. The molecule has 0 atom stereocenters. The van der Waals surface area contributed by atoms with Crippen molar-refractivity contribution in [3.8, 4) is 0 Å². The fourth-order valence-corrected chi connectivity index (χ4v) is 2.06. The number of benzene rings is 2. The van der Waals surface area contributed by atoms with Crippen LogP contribution < -0.4 is 0 Å². The average Bonchev–Trinajstić information content (AvgIpc) is 2.53. The lowest BCUT2D eigenvalue weighted by atomic mass is 10.1. The minimum absolute atomic E-state index is 0.0977. The molecule has 0 aromatic heterocycles. The first kappa shape index (κ1) is 15.7. The second-order valence-corrected chi connectivity index (χ2v) is 4.86. The SMILES string of the molecule is O=C(O)CCN(Cc1ccc(F)cc1)C(=O)c1ccccc1. The van der Waals surface area contributed by atoms with Gasteiger partial charge in [0.1, 0.15) is 5.82 Å². The minimum Gasteiger partial charge on any atom is -0.481 e. The predicted octanol–water partition coefficient (Wildman–Crippen LogP) is 2.94. The lowest BCUT2D eigenvalue weighted by Crippen LogP contribution is -2.32. The highest BCUT2D eigenvalue weighted by Crippen LogP contribution is 2.11. The van der Waals surface area contributed by atoms with Crippen LogP contribution in [-0.4, -0.2) is 28.4 Å². The predicted molar refractivity (Wildman–Crippen MR) is 79.8 cm³/mol. The van der Waals surface area contributed by atoms with E-state index in [0.29, 0.717) is 5.56 Å². The molecule has 4 nitrogen and oxygen atoms in total. The zero-order valence-electron chi connectivity index (χ0n) is 11.9. The van der Waals surface area contributed by atoms with Crippen molar-refractivity contribution in [1.29, 1.82) is 0 Å². The number of carbonyl (C=O) groups excluding carboxylic acids is 1. The Bertz CT molecular complexity index is 641. The van der Waals surface area contributed by atoms with Gasteiger partial charge in [-0.2, -0.15) is 0 Å². The number of halogens is 1. The second-order valence-electron chi connectivity index (χ2n) is 4.86. The summed E-state index contributed by atoms with van der Waals surface area (Å²) in [4.78, 5) is 24.7. The number of aliphatic carboxylic acids is 1. The van der Waals surface area contributed by atoms with Gasteiger partial charge in [0, 0.05) is 18.7 Å². The summed E-state index contributed by atoms with van der Waals surface area (Å²) in [5.74, 6) is -1.56. The Morgan fingerprint density at radius 3 is 2.23 bits per heavy atom. The first-order chi connectivity index (χ1) is 10.6. The molecular weight excluding hydrogens is 285 g/mol. The molecule has 1 amide bonds. The van der Waals surface area contributed by atoms with Crippen LogP contribution in [0, 0.1) is 5.82 Å². The summed E-state index contributed by atoms with van der Waals surface area (Å²) >= 11 is 0. The third kappa shape index (κ3) is 4.41. The van der Waals surface area contributed by atoms with Crippen LogP contribution in [0.25, 0.3) is 0 Å². The summed E-state index contributed by atoms with van der Waals surface area (Å²) in [5, 5.41) is 8.83. The van der Waals surface area contributed by atoms with Crippen molar-refractivity contribution in [1.82, 2.24) is 4.90 Å². The van der Waals surface area contributed by atoms with Crippen LogP contribution in [0.4, 0.5) is 4.39 Å². The van der Waals surface area contributed by atoms with Crippen molar-refractivity contribution in [2.45, 2.75) is 13.0 Å². The maximum atomic E-state index is 12.9. The van der Waals surface area contributed by atoms with Gasteiger partial charge in [-0.15, -0.1) is 0 Å². The lowest BCUT2D eigenvalue weighted by molar-refractivity contribution is -0.137. The van der Waals surface area contributed by atoms with E-state index in [1.807, 2.05) is 0 Å². The van der Waals surface area contributed by atoms with Crippen molar-refractivity contribution in [3.63, 3.8) is 0 Å². The molecule has 2 aromatic carbocycles. The summed E-state index contributed by atoms with van der Waals surface area (Å²) in [5.41, 5.74) is 1.24. The lowest BCUT2D eigenvalue weighted by Gasteiger charge is -2.22. The number of hydrogen-bond donors (Lipinski definition) is 1. The molecular formula is C17H16FNO3. The molecule has 0 aliphatic rings. The largest absolute Gasteiger partial charge is 0.481 e. The monoisotopic (exact) mass is 301 g/mol. The zero-order chi connectivity index (χ0) is 15.9. The molecule has 0 radical (unpaired) electrons. The molecule has 0 spiro atoms. The van der Waals surface area contributed by atoms with Gasteiger partial charge in [-0.25, -0.2) is 4.39 Å². The topological polar surface area (TPSA) is 57.6 Å². The van der Waals surface area contributed by atoms with E-state index in [1.54, 1.807) is 42.5 Å². The number of rotatable bonds is 6. The third-order valence-electron chi connectivity index (χ3n) is 3.19. The van der Waals surface area contributed by atoms with E-state index in [0.717, 1.165) is 5.56 Å². The van der Waals surface area contributed by atoms with Crippen LogP contribution in [-0.2, 0) is 11.3 Å². The summed E-state index contributed by atoms with van der Waals surface area (Å²) in [6.07, 6.45) is -0.139. The summed E-state index contributed by atoms with van der Waals surface area (Å²) in [6, 6.07) is 14.5. The normalized spacial score (nSPS) is 10.2. The fraction of sp³-hybridized carbons (Fsp3) is 0.176. The van der Waals surface area contributed by atoms with Gasteiger partial charge in [0.05, 0.1) is 6.42 Å². The first-order valence-corrected chi connectivity index (χ1v) is 6.87. The van der Waals surface area contributed by atoms with Crippen LogP contribution in [0.5, 0.6) is 0 Å². The van der Waals surface area contributed by atoms with Gasteiger partial charge < -0.3 is 10.0 Å². The molecule has 0 aliphatic carbocycles. The highest BCUT2D eigenvalue weighted by molar-refractivity contribution is 5.94. The molecule has 2 rings (SSSR count). The Morgan fingerprint density at radius 2 is 1.64 bits per heavy atom. The number of carboxylic acid groups (broad SMARTS) is 1. The van der Waals surface area contributed by atoms with E-state index in [2.05, 4.69) is 0 Å². The zero-order valence-corrected chi connectivity index (χ0v) is 11.9. The van der Waals surface area contributed by atoms with E-state index in [-0.39, 0.29) is 31.2 Å². The van der Waals surface area contributed by atoms with Crippen molar-refractivity contribution >= 4 is 11.9 Å². The molecule has 5 heteroatoms. The van der Waals surface area contributed by atoms with E-state index in [4.69, 9.17) is 5.11 Å². The van der Waals surface area contributed by atoms with Crippen LogP contribution in [0.2, 0.25) is 0 Å². The van der Waals surface area contributed by atoms with Gasteiger partial charge in [-0.3, -0.25) is 9.59 Å². The van der Waals surface area contributed by atoms with Crippen molar-refractivity contribution in [3.05, 3.63) is 71.5 Å². The molecule has 0 bridgehead atoms. The third-order valence-corrected chi connectivity index (χ3v) is 3.19. The number of carboxylic acids is 1. The van der Waals surface area contributed by atoms with Crippen LogP contribution in [0.15, 0.2) is 54.6 Å². The van der Waals surface area contributed by atoms with E-state index >= 15 is 0 Å². The molecule has 0 saturated carbocycles. The number of amides is 1. The minimum atomic E-state index is -0.968. The van der Waals surface area contributed by atoms with Crippen molar-refractivity contribution < 1.29 is 19.1 Å². The van der Waals surface area contributed by atoms with Crippen LogP contribution >= 0.6 is 0 Å². The Hall–Kier alpha value is -2.69. The average molecular weight is 301 g/mol. The van der Waals surface area contributed by atoms with Gasteiger partial charge in [0.2, 0.25) is 0 Å². The van der Waals surface area contributed by atoms with Gasteiger partial charge in [-0.1, -0.05) is 30.3 Å². The summed E-state index contributed by atoms with van der Waals surface area (Å²) in [7, 11) is 0. The van der Waals surface area contributed by atoms with E-state index < -0.39 is 5.97 Å². The maximum absolute atomic E-state index is 12.9. The Balaban J connectivity index is 2.16. The fourth-order valence-electron chi connectivity index (χ4n) is 2.06. The molecule has 22 heavy (non-hydrogen) atoms. The van der Waals surface area contributed by atoms with E-state index in [1.165, 1.54) is 17.0 Å². The Labute approximate surface area is 127 Å². The number of carbonyl (C=O) groups is 2. The van der Waals surface area contributed by atoms with Gasteiger partial charge in [0.25, 0.3) is 5.91 Å². The molecule has 0 heterocycles. The molecule has 114 valence electrons. The van der Waals surface area contributed by atoms with Gasteiger partial charge in [-0.05, 0) is 29.8 Å². The molecule has 0 fully saturated rings. The van der Waals surface area contributed by atoms with Crippen molar-refractivity contribution in [2.24, 2.45) is 0 Å². The highest BCUT2D eigenvalue weighted by Gasteiger charge is 2.17. The molecule has 2 aromatic rings. The standard InChI is InChI=1S/C17H16FNO3/c18-15-8-6-13(7-9-15)12-19(11-10-16(20)21)17(22)14-4-2-1-3-5-14/h1-9H,10-12H2,(H,20,21). The molecule has 1 N–H and O–H groups in total.